The molecule has 1 heterocycles. The largest absolute Gasteiger partial charge is 0.341 e. The van der Waals surface area contributed by atoms with Crippen LogP contribution in [0, 0.1) is 5.92 Å². The second kappa shape index (κ2) is 7.42. The lowest BCUT2D eigenvalue weighted by Crippen LogP contribution is -2.37. The maximum Gasteiger partial charge on any atom is 0.225 e. The Morgan fingerprint density at radius 3 is 2.54 bits per heavy atom. The van der Waals surface area contributed by atoms with Gasteiger partial charge in [-0.15, -0.1) is 0 Å². The highest BCUT2D eigenvalue weighted by Gasteiger charge is 2.24. The molecule has 4 rings (SSSR count). The van der Waals surface area contributed by atoms with E-state index in [1.165, 1.54) is 36.5 Å². The van der Waals surface area contributed by atoms with Crippen LogP contribution in [0.1, 0.15) is 25.7 Å². The Kier molecular flexibility index (Phi) is 4.85. The van der Waals surface area contributed by atoms with Gasteiger partial charge in [0.15, 0.2) is 0 Å². The molecule has 1 aliphatic carbocycles. The molecule has 0 radical (unpaired) electrons. The van der Waals surface area contributed by atoms with Crippen molar-refractivity contribution in [2.24, 2.45) is 11.7 Å². The number of nitrogens with zero attached hydrogens (tertiary/aromatic N) is 3. The second-order valence-corrected chi connectivity index (χ2v) is 7.32. The van der Waals surface area contributed by atoms with E-state index in [0.717, 1.165) is 23.8 Å². The maximum absolute atomic E-state index is 5.82. The van der Waals surface area contributed by atoms with Crippen molar-refractivity contribution in [2.45, 2.75) is 31.7 Å². The van der Waals surface area contributed by atoms with Crippen molar-refractivity contribution in [1.82, 2.24) is 9.97 Å². The van der Waals surface area contributed by atoms with E-state index < -0.39 is 0 Å². The molecule has 1 aromatic heterocycles. The number of benzene rings is 2. The molecule has 1 fully saturated rings. The number of nitrogens with two attached hydrogens (primary N) is 1. The summed E-state index contributed by atoms with van der Waals surface area (Å²) in [4.78, 5) is 11.6. The first kappa shape index (κ1) is 17.0. The third-order valence-electron chi connectivity index (χ3n) is 5.70. The highest BCUT2D eigenvalue weighted by molar-refractivity contribution is 5.86. The number of anilines is 1. The molecule has 0 aliphatic heterocycles. The standard InChI is InChI=1S/C22H26N4/c1-26(20-10-6-16(15-23)7-11-20)22-24-13-12-21(25-22)19-9-8-17-4-2-3-5-18(17)14-19/h2-5,8-9,12-14,16,20H,6-7,10-11,15,23H2,1H3/t16-,20+. The normalized spacial score (nSPS) is 20.2. The van der Waals surface area contributed by atoms with E-state index in [1.807, 2.05) is 12.3 Å². The first-order valence-corrected chi connectivity index (χ1v) is 9.49. The van der Waals surface area contributed by atoms with E-state index in [1.54, 1.807) is 0 Å². The molecule has 4 nitrogen and oxygen atoms in total. The Bertz CT molecular complexity index is 884. The Labute approximate surface area is 155 Å². The lowest BCUT2D eigenvalue weighted by molar-refractivity contribution is 0.325. The Morgan fingerprint density at radius 2 is 1.77 bits per heavy atom. The molecule has 3 aromatic rings. The molecule has 1 aliphatic rings. The highest BCUT2D eigenvalue weighted by atomic mass is 15.2. The predicted molar refractivity (Wildman–Crippen MR) is 108 cm³/mol. The van der Waals surface area contributed by atoms with Gasteiger partial charge in [0.2, 0.25) is 5.95 Å². The third-order valence-corrected chi connectivity index (χ3v) is 5.70. The molecule has 0 amide bonds. The van der Waals surface area contributed by atoms with E-state index in [2.05, 4.69) is 59.4 Å². The molecule has 0 spiro atoms. The van der Waals surface area contributed by atoms with E-state index in [9.17, 15) is 0 Å². The van der Waals surface area contributed by atoms with Crippen LogP contribution in [0.4, 0.5) is 5.95 Å². The van der Waals surface area contributed by atoms with E-state index in [0.29, 0.717) is 12.0 Å². The molecule has 134 valence electrons. The highest BCUT2D eigenvalue weighted by Crippen LogP contribution is 2.29. The number of rotatable bonds is 4. The zero-order valence-electron chi connectivity index (χ0n) is 15.3. The predicted octanol–water partition coefficient (Wildman–Crippen LogP) is 4.25. The molecule has 26 heavy (non-hydrogen) atoms. The van der Waals surface area contributed by atoms with E-state index in [4.69, 9.17) is 10.7 Å². The van der Waals surface area contributed by atoms with Gasteiger partial charge in [-0.05, 0) is 61.1 Å². The van der Waals surface area contributed by atoms with Crippen LogP contribution in [0.3, 0.4) is 0 Å². The summed E-state index contributed by atoms with van der Waals surface area (Å²) in [6.45, 7) is 0.810. The first-order chi connectivity index (χ1) is 12.7. The Balaban J connectivity index is 1.57. The summed E-state index contributed by atoms with van der Waals surface area (Å²) in [5.41, 5.74) is 7.93. The van der Waals surface area contributed by atoms with Crippen LogP contribution in [0.15, 0.2) is 54.7 Å². The van der Waals surface area contributed by atoms with Gasteiger partial charge in [-0.25, -0.2) is 9.97 Å². The lowest BCUT2D eigenvalue weighted by Gasteiger charge is -2.34. The summed E-state index contributed by atoms with van der Waals surface area (Å²) < 4.78 is 0. The maximum atomic E-state index is 5.82. The van der Waals surface area contributed by atoms with Gasteiger partial charge in [-0.2, -0.15) is 0 Å². The molecular weight excluding hydrogens is 320 g/mol. The monoisotopic (exact) mass is 346 g/mol. The van der Waals surface area contributed by atoms with Crippen molar-refractivity contribution in [2.75, 3.05) is 18.5 Å². The smallest absolute Gasteiger partial charge is 0.225 e. The van der Waals surface area contributed by atoms with E-state index >= 15 is 0 Å². The number of aromatic nitrogens is 2. The summed E-state index contributed by atoms with van der Waals surface area (Å²) in [5, 5.41) is 2.48. The average molecular weight is 346 g/mol. The van der Waals surface area contributed by atoms with Gasteiger partial charge in [0, 0.05) is 24.8 Å². The summed E-state index contributed by atoms with van der Waals surface area (Å²) >= 11 is 0. The van der Waals surface area contributed by atoms with Crippen molar-refractivity contribution in [3.8, 4) is 11.3 Å². The minimum Gasteiger partial charge on any atom is -0.341 e. The molecule has 2 N–H and O–H groups in total. The summed E-state index contributed by atoms with van der Waals surface area (Å²) in [6.07, 6.45) is 6.62. The zero-order chi connectivity index (χ0) is 17.9. The van der Waals surface area contributed by atoms with Crippen molar-refractivity contribution in [3.05, 3.63) is 54.7 Å². The number of fused-ring (bicyclic) bond motifs is 1. The Morgan fingerprint density at radius 1 is 1.00 bits per heavy atom. The number of hydrogen-bond donors (Lipinski definition) is 1. The van der Waals surface area contributed by atoms with Crippen LogP contribution in [0.2, 0.25) is 0 Å². The third kappa shape index (κ3) is 3.42. The molecule has 0 saturated heterocycles. The fraction of sp³-hybridized carbons (Fsp3) is 0.364. The fourth-order valence-corrected chi connectivity index (χ4v) is 3.96. The summed E-state index contributed by atoms with van der Waals surface area (Å²) in [6, 6.07) is 17.4. The SMILES string of the molecule is CN(c1nccc(-c2ccc3ccccc3c2)n1)[C@H]1CC[C@@H](CN)CC1. The Hall–Kier alpha value is -2.46. The van der Waals surface area contributed by atoms with Gasteiger partial charge in [0.05, 0.1) is 5.69 Å². The van der Waals surface area contributed by atoms with Crippen molar-refractivity contribution in [1.29, 1.82) is 0 Å². The molecule has 0 bridgehead atoms. The molecule has 2 aromatic carbocycles. The topological polar surface area (TPSA) is 55.0 Å². The molecule has 1 saturated carbocycles. The first-order valence-electron chi connectivity index (χ1n) is 9.49. The van der Waals surface area contributed by atoms with Crippen LogP contribution in [0.5, 0.6) is 0 Å². The fourth-order valence-electron chi connectivity index (χ4n) is 3.96. The number of hydrogen-bond acceptors (Lipinski definition) is 4. The molecule has 0 atom stereocenters. The quantitative estimate of drug-likeness (QED) is 0.767. The van der Waals surface area contributed by atoms with Crippen molar-refractivity contribution >= 4 is 16.7 Å². The molecular formula is C22H26N4. The molecule has 0 unspecified atom stereocenters. The second-order valence-electron chi connectivity index (χ2n) is 7.32. The van der Waals surface area contributed by atoms with E-state index in [-0.39, 0.29) is 0 Å². The van der Waals surface area contributed by atoms with Crippen LogP contribution in [0.25, 0.3) is 22.0 Å². The van der Waals surface area contributed by atoms with Gasteiger partial charge in [-0.3, -0.25) is 0 Å². The minimum atomic E-state index is 0.504. The van der Waals surface area contributed by atoms with Crippen LogP contribution in [-0.4, -0.2) is 29.6 Å². The van der Waals surface area contributed by atoms with Crippen molar-refractivity contribution in [3.63, 3.8) is 0 Å². The zero-order valence-corrected chi connectivity index (χ0v) is 15.3. The van der Waals surface area contributed by atoms with Crippen LogP contribution >= 0.6 is 0 Å². The summed E-state index contributed by atoms with van der Waals surface area (Å²) in [5.74, 6) is 1.50. The van der Waals surface area contributed by atoms with Gasteiger partial charge in [0.1, 0.15) is 0 Å². The average Bonchev–Trinajstić information content (AvgIpc) is 2.73. The van der Waals surface area contributed by atoms with Crippen LogP contribution < -0.4 is 10.6 Å². The lowest BCUT2D eigenvalue weighted by atomic mass is 9.85. The van der Waals surface area contributed by atoms with Gasteiger partial charge >= 0.3 is 0 Å². The molecule has 4 heteroatoms. The van der Waals surface area contributed by atoms with Gasteiger partial charge in [-0.1, -0.05) is 36.4 Å². The van der Waals surface area contributed by atoms with Gasteiger partial charge in [0.25, 0.3) is 0 Å². The minimum absolute atomic E-state index is 0.504. The van der Waals surface area contributed by atoms with Crippen molar-refractivity contribution < 1.29 is 0 Å². The summed E-state index contributed by atoms with van der Waals surface area (Å²) in [7, 11) is 2.12. The van der Waals surface area contributed by atoms with Gasteiger partial charge < -0.3 is 10.6 Å². The van der Waals surface area contributed by atoms with Crippen LogP contribution in [-0.2, 0) is 0 Å².